The van der Waals surface area contributed by atoms with E-state index >= 15 is 0 Å². The van der Waals surface area contributed by atoms with Crippen molar-refractivity contribution in [3.8, 4) is 0 Å². The van der Waals surface area contributed by atoms with Gasteiger partial charge in [0.05, 0.1) is 5.71 Å². The predicted molar refractivity (Wildman–Crippen MR) is 98.7 cm³/mol. The summed E-state index contributed by atoms with van der Waals surface area (Å²) in [6.07, 6.45) is 7.55. The van der Waals surface area contributed by atoms with Gasteiger partial charge in [0.1, 0.15) is 0 Å². The van der Waals surface area contributed by atoms with Crippen LogP contribution in [0.3, 0.4) is 0 Å². The van der Waals surface area contributed by atoms with Gasteiger partial charge in [-0.1, -0.05) is 78.0 Å². The Morgan fingerprint density at radius 1 is 1.00 bits per heavy atom. The van der Waals surface area contributed by atoms with Gasteiger partial charge in [-0.25, -0.2) is 4.79 Å². The quantitative estimate of drug-likeness (QED) is 0.388. The second kappa shape index (κ2) is 10.2. The molecule has 0 aliphatic heterocycles. The van der Waals surface area contributed by atoms with Crippen molar-refractivity contribution in [1.29, 1.82) is 0 Å². The van der Waals surface area contributed by atoms with Crippen LogP contribution in [0.1, 0.15) is 37.3 Å². The molecular weight excluding hydrogens is 298 g/mol. The van der Waals surface area contributed by atoms with Crippen molar-refractivity contribution in [2.75, 3.05) is 0 Å². The number of allylic oxidation sites excluding steroid dienone is 1. The fourth-order valence-corrected chi connectivity index (χ4v) is 2.31. The summed E-state index contributed by atoms with van der Waals surface area (Å²) in [6, 6.07) is 20.4. The lowest BCUT2D eigenvalue weighted by Gasteiger charge is -2.05. The maximum absolute atomic E-state index is 11.0. The molecule has 0 N–H and O–H groups in total. The van der Waals surface area contributed by atoms with Crippen LogP contribution in [0, 0.1) is 0 Å². The standard InChI is InChI=1S/C21H23NO2/c1-18(23)24-22-21(17-16-20-12-6-3-7-13-20)15-9-8-14-19-10-4-2-5-11-19/h2-8,10-14H,9,15-17H2,1H3/b14-8+,22-21-. The van der Waals surface area contributed by atoms with E-state index in [9.17, 15) is 4.79 Å². The zero-order valence-corrected chi connectivity index (χ0v) is 14.0. The molecule has 24 heavy (non-hydrogen) atoms. The third-order valence-electron chi connectivity index (χ3n) is 3.56. The Morgan fingerprint density at radius 2 is 1.67 bits per heavy atom. The van der Waals surface area contributed by atoms with E-state index in [0.29, 0.717) is 0 Å². The van der Waals surface area contributed by atoms with Crippen molar-refractivity contribution in [3.05, 3.63) is 77.9 Å². The number of carbonyl (C=O) groups is 1. The van der Waals surface area contributed by atoms with E-state index < -0.39 is 0 Å². The smallest absolute Gasteiger partial charge is 0.319 e. The van der Waals surface area contributed by atoms with Crippen LogP contribution in [-0.4, -0.2) is 11.7 Å². The molecule has 3 heteroatoms. The Balaban J connectivity index is 1.87. The monoisotopic (exact) mass is 321 g/mol. The molecule has 0 atom stereocenters. The topological polar surface area (TPSA) is 38.7 Å². The maximum Gasteiger partial charge on any atom is 0.331 e. The SMILES string of the molecule is CC(=O)O/N=C(/CC/C=C/c1ccccc1)CCc1ccccc1. The van der Waals surface area contributed by atoms with Gasteiger partial charge < -0.3 is 4.84 Å². The lowest BCUT2D eigenvalue weighted by atomic mass is 10.0. The summed E-state index contributed by atoms with van der Waals surface area (Å²) >= 11 is 0. The number of oxime groups is 1. The normalized spacial score (nSPS) is 11.6. The highest BCUT2D eigenvalue weighted by Gasteiger charge is 2.03. The summed E-state index contributed by atoms with van der Waals surface area (Å²) in [5.41, 5.74) is 3.35. The van der Waals surface area contributed by atoms with Crippen molar-refractivity contribution in [2.24, 2.45) is 5.16 Å². The highest BCUT2D eigenvalue weighted by molar-refractivity contribution is 5.85. The molecule has 2 aromatic rings. The third kappa shape index (κ3) is 7.05. The van der Waals surface area contributed by atoms with Crippen LogP contribution in [0.4, 0.5) is 0 Å². The Hall–Kier alpha value is -2.68. The second-order valence-electron chi connectivity index (χ2n) is 5.58. The van der Waals surface area contributed by atoms with E-state index in [0.717, 1.165) is 31.4 Å². The first-order chi connectivity index (χ1) is 11.7. The molecule has 0 saturated heterocycles. The molecule has 2 rings (SSSR count). The first kappa shape index (κ1) is 17.7. The van der Waals surface area contributed by atoms with Crippen LogP contribution in [0.2, 0.25) is 0 Å². The molecule has 124 valence electrons. The molecule has 0 radical (unpaired) electrons. The largest absolute Gasteiger partial charge is 0.331 e. The third-order valence-corrected chi connectivity index (χ3v) is 3.56. The van der Waals surface area contributed by atoms with Crippen molar-refractivity contribution in [1.82, 2.24) is 0 Å². The predicted octanol–water partition coefficient (Wildman–Crippen LogP) is 5.03. The van der Waals surface area contributed by atoms with Crippen molar-refractivity contribution >= 4 is 17.8 Å². The number of carbonyl (C=O) groups excluding carboxylic acids is 1. The molecule has 0 heterocycles. The lowest BCUT2D eigenvalue weighted by molar-refractivity contribution is -0.140. The molecule has 0 bridgehead atoms. The summed E-state index contributed by atoms with van der Waals surface area (Å²) < 4.78 is 0. The van der Waals surface area contributed by atoms with E-state index in [4.69, 9.17) is 4.84 Å². The molecule has 3 nitrogen and oxygen atoms in total. The van der Waals surface area contributed by atoms with Gasteiger partial charge in [0.25, 0.3) is 0 Å². The number of nitrogens with zero attached hydrogens (tertiary/aromatic N) is 1. The van der Waals surface area contributed by atoms with Gasteiger partial charge in [0.2, 0.25) is 0 Å². The minimum atomic E-state index is -0.382. The van der Waals surface area contributed by atoms with Gasteiger partial charge in [0.15, 0.2) is 0 Å². The van der Waals surface area contributed by atoms with Crippen LogP contribution >= 0.6 is 0 Å². The minimum Gasteiger partial charge on any atom is -0.319 e. The molecule has 0 unspecified atom stereocenters. The van der Waals surface area contributed by atoms with Crippen LogP contribution in [-0.2, 0) is 16.1 Å². The number of benzene rings is 2. The summed E-state index contributed by atoms with van der Waals surface area (Å²) in [5, 5.41) is 4.02. The van der Waals surface area contributed by atoms with Crippen LogP contribution < -0.4 is 0 Å². The molecule has 2 aromatic carbocycles. The molecule has 0 amide bonds. The lowest BCUT2D eigenvalue weighted by Crippen LogP contribution is -2.04. The fourth-order valence-electron chi connectivity index (χ4n) is 2.31. The van der Waals surface area contributed by atoms with Gasteiger partial charge in [-0.05, 0) is 36.8 Å². The first-order valence-electron chi connectivity index (χ1n) is 8.23. The van der Waals surface area contributed by atoms with Gasteiger partial charge in [-0.3, -0.25) is 0 Å². The van der Waals surface area contributed by atoms with Gasteiger partial charge >= 0.3 is 5.97 Å². The second-order valence-corrected chi connectivity index (χ2v) is 5.58. The van der Waals surface area contributed by atoms with E-state index in [2.05, 4.69) is 41.6 Å². The average Bonchev–Trinajstić information content (AvgIpc) is 2.62. The number of rotatable bonds is 8. The van der Waals surface area contributed by atoms with Crippen molar-refractivity contribution in [2.45, 2.75) is 32.6 Å². The number of hydrogen-bond donors (Lipinski definition) is 0. The molecule has 0 aliphatic carbocycles. The summed E-state index contributed by atoms with van der Waals surface area (Å²) in [7, 11) is 0. The van der Waals surface area contributed by atoms with Crippen molar-refractivity contribution in [3.63, 3.8) is 0 Å². The highest BCUT2D eigenvalue weighted by Crippen LogP contribution is 2.09. The first-order valence-corrected chi connectivity index (χ1v) is 8.23. The van der Waals surface area contributed by atoms with Crippen LogP contribution in [0.15, 0.2) is 71.9 Å². The molecule has 0 aliphatic rings. The van der Waals surface area contributed by atoms with Gasteiger partial charge in [0, 0.05) is 6.92 Å². The van der Waals surface area contributed by atoms with Gasteiger partial charge in [-0.2, -0.15) is 0 Å². The Morgan fingerprint density at radius 3 is 2.33 bits per heavy atom. The average molecular weight is 321 g/mol. The number of aryl methyl sites for hydroxylation is 1. The molecular formula is C21H23NO2. The van der Waals surface area contributed by atoms with Crippen LogP contribution in [0.25, 0.3) is 6.08 Å². The van der Waals surface area contributed by atoms with E-state index in [1.165, 1.54) is 18.1 Å². The highest BCUT2D eigenvalue weighted by atomic mass is 16.7. The summed E-state index contributed by atoms with van der Waals surface area (Å²) in [6.45, 7) is 1.37. The van der Waals surface area contributed by atoms with E-state index in [-0.39, 0.29) is 5.97 Å². The summed E-state index contributed by atoms with van der Waals surface area (Å²) in [4.78, 5) is 15.8. The zero-order chi connectivity index (χ0) is 17.0. The van der Waals surface area contributed by atoms with E-state index in [1.54, 1.807) is 0 Å². The zero-order valence-electron chi connectivity index (χ0n) is 14.0. The fraction of sp³-hybridized carbons (Fsp3) is 0.238. The molecule has 0 fully saturated rings. The Kier molecular flexibility index (Phi) is 7.48. The minimum absolute atomic E-state index is 0.382. The Bertz CT molecular complexity index is 675. The molecule has 0 saturated carbocycles. The van der Waals surface area contributed by atoms with E-state index in [1.807, 2.05) is 36.4 Å². The van der Waals surface area contributed by atoms with Crippen LogP contribution in [0.5, 0.6) is 0 Å². The number of hydrogen-bond acceptors (Lipinski definition) is 3. The summed E-state index contributed by atoms with van der Waals surface area (Å²) in [5.74, 6) is -0.382. The molecule has 0 spiro atoms. The maximum atomic E-state index is 11.0. The van der Waals surface area contributed by atoms with Crippen molar-refractivity contribution < 1.29 is 9.63 Å². The molecule has 0 aromatic heterocycles. The van der Waals surface area contributed by atoms with Gasteiger partial charge in [-0.15, -0.1) is 0 Å². The Labute approximate surface area is 143 Å².